The molecule has 3 rings (SSSR count). The molecule has 7 heteroatoms. The number of rotatable bonds is 5. The molecule has 0 saturated carbocycles. The fourth-order valence-electron chi connectivity index (χ4n) is 2.73. The molecule has 1 aromatic carbocycles. The molecule has 1 saturated heterocycles. The normalized spacial score (nSPS) is 17.4. The van der Waals surface area contributed by atoms with Crippen LogP contribution in [0.4, 0.5) is 5.13 Å². The van der Waals surface area contributed by atoms with Crippen molar-refractivity contribution >= 4 is 40.2 Å². The third-order valence-corrected chi connectivity index (χ3v) is 5.80. The second kappa shape index (κ2) is 7.64. The molecule has 0 spiro atoms. The topological polar surface area (TPSA) is 41.1 Å². The van der Waals surface area contributed by atoms with Gasteiger partial charge in [-0.05, 0) is 62.5 Å². The molecule has 22 heavy (non-hydrogen) atoms. The number of nitrogens with zero attached hydrogens (tertiary/aromatic N) is 3. The molecule has 1 aliphatic heterocycles. The van der Waals surface area contributed by atoms with E-state index in [1.54, 1.807) is 6.33 Å². The van der Waals surface area contributed by atoms with Crippen LogP contribution < -0.4 is 4.72 Å². The Bertz CT molecular complexity index is 600. The van der Waals surface area contributed by atoms with Crippen LogP contribution >= 0.6 is 35.1 Å². The van der Waals surface area contributed by atoms with Crippen LogP contribution in [0.1, 0.15) is 37.8 Å². The summed E-state index contributed by atoms with van der Waals surface area (Å²) in [5, 5.41) is 1.63. The Morgan fingerprint density at radius 3 is 2.82 bits per heavy atom. The molecule has 1 N–H and O–H groups in total. The summed E-state index contributed by atoms with van der Waals surface area (Å²) in [6.07, 6.45) is 5.48. The van der Waals surface area contributed by atoms with Crippen LogP contribution in [0, 0.1) is 0 Å². The van der Waals surface area contributed by atoms with Crippen molar-refractivity contribution < 1.29 is 0 Å². The van der Waals surface area contributed by atoms with Gasteiger partial charge in [0.05, 0.1) is 0 Å². The Labute approximate surface area is 144 Å². The number of hydrogen-bond donors (Lipinski definition) is 1. The van der Waals surface area contributed by atoms with Crippen molar-refractivity contribution in [2.45, 2.75) is 37.1 Å². The van der Waals surface area contributed by atoms with Gasteiger partial charge in [-0.15, -0.1) is 0 Å². The van der Waals surface area contributed by atoms with Gasteiger partial charge in [-0.1, -0.05) is 24.1 Å². The maximum Gasteiger partial charge on any atom is 0.212 e. The number of halogens is 1. The highest BCUT2D eigenvalue weighted by Crippen LogP contribution is 2.32. The van der Waals surface area contributed by atoms with E-state index in [1.807, 2.05) is 6.07 Å². The van der Waals surface area contributed by atoms with Crippen LogP contribution in [0.15, 0.2) is 29.4 Å². The van der Waals surface area contributed by atoms with E-state index >= 15 is 0 Å². The van der Waals surface area contributed by atoms with E-state index in [0.717, 1.165) is 15.0 Å². The molecule has 1 unspecified atom stereocenters. The van der Waals surface area contributed by atoms with Crippen molar-refractivity contribution in [3.8, 4) is 0 Å². The first kappa shape index (κ1) is 16.1. The van der Waals surface area contributed by atoms with Crippen LogP contribution in [-0.2, 0) is 0 Å². The highest BCUT2D eigenvalue weighted by molar-refractivity contribution is 8.00. The summed E-state index contributed by atoms with van der Waals surface area (Å²) < 4.78 is 7.14. The molecular formula is C15H19ClN4S2. The second-order valence-corrected chi connectivity index (χ2v) is 7.47. The van der Waals surface area contributed by atoms with E-state index in [-0.39, 0.29) is 0 Å². The second-order valence-electron chi connectivity index (χ2n) is 5.41. The number of aromatic nitrogens is 2. The van der Waals surface area contributed by atoms with Crippen molar-refractivity contribution in [1.82, 2.24) is 14.3 Å². The van der Waals surface area contributed by atoms with Crippen LogP contribution in [0.3, 0.4) is 0 Å². The van der Waals surface area contributed by atoms with Gasteiger partial charge in [0, 0.05) is 27.5 Å². The van der Waals surface area contributed by atoms with E-state index in [4.69, 9.17) is 11.6 Å². The average Bonchev–Trinajstić information content (AvgIpc) is 3.07. The van der Waals surface area contributed by atoms with Gasteiger partial charge in [0.15, 0.2) is 0 Å². The van der Waals surface area contributed by atoms with Gasteiger partial charge >= 0.3 is 0 Å². The van der Waals surface area contributed by atoms with Crippen molar-refractivity contribution in [2.24, 2.45) is 0 Å². The smallest absolute Gasteiger partial charge is 0.212 e. The fourth-order valence-corrected chi connectivity index (χ4v) is 4.27. The minimum absolute atomic E-state index is 0.378. The summed E-state index contributed by atoms with van der Waals surface area (Å²) in [7, 11) is 0. The molecule has 0 radical (unpaired) electrons. The van der Waals surface area contributed by atoms with Gasteiger partial charge in [0.1, 0.15) is 6.33 Å². The third-order valence-electron chi connectivity index (χ3n) is 3.98. The lowest BCUT2D eigenvalue weighted by Crippen LogP contribution is -2.32. The standard InChI is InChI=1S/C15H19ClN4S2/c1-11(20-7-3-2-4-8-20)13-6-5-12(9-14(13)16)21-19-15-17-10-18-22-15/h5-6,9-11H,2-4,7-8H2,1H3,(H,17,18,19). The first-order chi connectivity index (χ1) is 10.7. The van der Waals surface area contributed by atoms with Crippen LogP contribution in [0.5, 0.6) is 0 Å². The summed E-state index contributed by atoms with van der Waals surface area (Å²) in [6.45, 7) is 4.60. The number of benzene rings is 1. The number of anilines is 1. The van der Waals surface area contributed by atoms with Gasteiger partial charge in [-0.3, -0.25) is 4.90 Å². The first-order valence-corrected chi connectivity index (χ1v) is 9.44. The molecule has 1 aliphatic rings. The van der Waals surface area contributed by atoms with Gasteiger partial charge in [-0.2, -0.15) is 4.37 Å². The molecule has 0 aliphatic carbocycles. The van der Waals surface area contributed by atoms with Gasteiger partial charge < -0.3 is 4.72 Å². The molecule has 4 nitrogen and oxygen atoms in total. The highest BCUT2D eigenvalue weighted by Gasteiger charge is 2.20. The minimum atomic E-state index is 0.378. The maximum atomic E-state index is 6.51. The van der Waals surface area contributed by atoms with E-state index in [2.05, 4.69) is 38.0 Å². The Balaban J connectivity index is 1.66. The molecule has 2 aromatic rings. The Hall–Kier alpha value is -0.820. The van der Waals surface area contributed by atoms with Gasteiger partial charge in [0.25, 0.3) is 0 Å². The van der Waals surface area contributed by atoms with E-state index in [1.165, 1.54) is 61.4 Å². The highest BCUT2D eigenvalue weighted by atomic mass is 35.5. The van der Waals surface area contributed by atoms with Crippen LogP contribution in [-0.4, -0.2) is 27.3 Å². The van der Waals surface area contributed by atoms with Crippen molar-refractivity contribution in [2.75, 3.05) is 17.8 Å². The number of piperidine rings is 1. The summed E-state index contributed by atoms with van der Waals surface area (Å²) in [5.41, 5.74) is 1.21. The maximum absolute atomic E-state index is 6.51. The van der Waals surface area contributed by atoms with Crippen LogP contribution in [0.2, 0.25) is 5.02 Å². The Morgan fingerprint density at radius 2 is 2.14 bits per heavy atom. The summed E-state index contributed by atoms with van der Waals surface area (Å²) in [5.74, 6) is 0. The summed E-state index contributed by atoms with van der Waals surface area (Å²) >= 11 is 9.36. The molecule has 1 fully saturated rings. The predicted octanol–water partition coefficient (Wildman–Crippen LogP) is 4.86. The molecular weight excluding hydrogens is 336 g/mol. The lowest BCUT2D eigenvalue weighted by atomic mass is 10.0. The van der Waals surface area contributed by atoms with Crippen molar-refractivity contribution in [3.05, 3.63) is 35.1 Å². The van der Waals surface area contributed by atoms with Crippen molar-refractivity contribution in [3.63, 3.8) is 0 Å². The molecule has 0 amide bonds. The Morgan fingerprint density at radius 1 is 1.32 bits per heavy atom. The minimum Gasteiger partial charge on any atom is -0.300 e. The number of nitrogens with one attached hydrogen (secondary N) is 1. The predicted molar refractivity (Wildman–Crippen MR) is 94.7 cm³/mol. The van der Waals surface area contributed by atoms with Crippen LogP contribution in [0.25, 0.3) is 0 Å². The SMILES string of the molecule is CC(c1ccc(SNc2ncns2)cc1Cl)N1CCCCC1. The fraction of sp³-hybridized carbons (Fsp3) is 0.467. The molecule has 1 aromatic heterocycles. The number of likely N-dealkylation sites (tertiary alicyclic amines) is 1. The zero-order valence-corrected chi connectivity index (χ0v) is 14.8. The van der Waals surface area contributed by atoms with E-state index in [0.29, 0.717) is 6.04 Å². The zero-order chi connectivity index (χ0) is 15.4. The van der Waals surface area contributed by atoms with E-state index in [9.17, 15) is 0 Å². The average molecular weight is 355 g/mol. The van der Waals surface area contributed by atoms with Gasteiger partial charge in [0.2, 0.25) is 5.13 Å². The quantitative estimate of drug-likeness (QED) is 0.776. The number of hydrogen-bond acceptors (Lipinski definition) is 6. The molecule has 1 atom stereocenters. The summed E-state index contributed by atoms with van der Waals surface area (Å²) in [4.78, 5) is 7.70. The van der Waals surface area contributed by atoms with Gasteiger partial charge in [-0.25, -0.2) is 4.98 Å². The lowest BCUT2D eigenvalue weighted by Gasteiger charge is -2.33. The lowest BCUT2D eigenvalue weighted by molar-refractivity contribution is 0.175. The Kier molecular flexibility index (Phi) is 5.57. The summed E-state index contributed by atoms with van der Waals surface area (Å²) in [6, 6.07) is 6.66. The molecule has 0 bridgehead atoms. The first-order valence-electron chi connectivity index (χ1n) is 7.47. The largest absolute Gasteiger partial charge is 0.300 e. The molecule has 2 heterocycles. The van der Waals surface area contributed by atoms with E-state index < -0.39 is 0 Å². The molecule has 118 valence electrons. The monoisotopic (exact) mass is 354 g/mol. The van der Waals surface area contributed by atoms with Crippen molar-refractivity contribution in [1.29, 1.82) is 0 Å². The third kappa shape index (κ3) is 3.93. The zero-order valence-electron chi connectivity index (χ0n) is 12.5.